The summed E-state index contributed by atoms with van der Waals surface area (Å²) in [7, 11) is 0. The summed E-state index contributed by atoms with van der Waals surface area (Å²) >= 11 is 0. The van der Waals surface area contributed by atoms with Gasteiger partial charge in [0.05, 0.1) is 6.04 Å². The van der Waals surface area contributed by atoms with Crippen LogP contribution in [0.15, 0.2) is 42.6 Å². The third-order valence-corrected chi connectivity index (χ3v) is 8.01. The molecule has 7 rings (SSSR count). The van der Waals surface area contributed by atoms with Crippen LogP contribution in [0.5, 0.6) is 0 Å². The Labute approximate surface area is 193 Å². The molecule has 2 aromatic heterocycles. The minimum Gasteiger partial charge on any atom is -0.361 e. The first-order valence-electron chi connectivity index (χ1n) is 12.2. The van der Waals surface area contributed by atoms with Gasteiger partial charge in [-0.3, -0.25) is 4.79 Å². The number of tetrazole rings is 1. The summed E-state index contributed by atoms with van der Waals surface area (Å²) in [5.74, 6) is 3.02. The van der Waals surface area contributed by atoms with Gasteiger partial charge in [-0.15, -0.1) is 5.10 Å². The number of fused-ring (bicyclic) bond motifs is 1. The van der Waals surface area contributed by atoms with E-state index in [1.165, 1.54) is 49.5 Å². The van der Waals surface area contributed by atoms with Gasteiger partial charge in [0, 0.05) is 23.6 Å². The van der Waals surface area contributed by atoms with E-state index in [4.69, 9.17) is 0 Å². The predicted molar refractivity (Wildman–Crippen MR) is 126 cm³/mol. The van der Waals surface area contributed by atoms with E-state index < -0.39 is 0 Å². The van der Waals surface area contributed by atoms with Crippen molar-refractivity contribution >= 4 is 22.8 Å². The maximum atomic E-state index is 13.0. The first-order valence-corrected chi connectivity index (χ1v) is 12.2. The molecule has 1 aromatic carbocycles. The van der Waals surface area contributed by atoms with Gasteiger partial charge in [-0.2, -0.15) is 5.21 Å². The van der Waals surface area contributed by atoms with Crippen molar-refractivity contribution in [2.75, 3.05) is 11.9 Å². The van der Waals surface area contributed by atoms with Crippen LogP contribution in [-0.2, 0) is 11.2 Å². The molecular formula is C25H31N7O. The second-order valence-corrected chi connectivity index (χ2v) is 10.5. The zero-order valence-corrected chi connectivity index (χ0v) is 18.8. The molecule has 0 aliphatic heterocycles. The van der Waals surface area contributed by atoms with Crippen molar-refractivity contribution in [3.8, 4) is 0 Å². The number of carbonyl (C=O) groups excluding carboxylic acids is 1. The topological polar surface area (TPSA) is 111 Å². The van der Waals surface area contributed by atoms with Crippen LogP contribution < -0.4 is 10.6 Å². The fourth-order valence-corrected chi connectivity index (χ4v) is 7.07. The maximum absolute atomic E-state index is 13.0. The molecule has 4 N–H and O–H groups in total. The molecule has 4 bridgehead atoms. The second kappa shape index (κ2) is 8.32. The van der Waals surface area contributed by atoms with Gasteiger partial charge >= 0.3 is 0 Å². The summed E-state index contributed by atoms with van der Waals surface area (Å²) in [4.78, 5) is 16.3. The number of nitrogens with zero attached hydrogens (tertiary/aromatic N) is 3. The van der Waals surface area contributed by atoms with Gasteiger partial charge in [0.15, 0.2) is 0 Å². The number of rotatable bonds is 8. The van der Waals surface area contributed by atoms with Crippen molar-refractivity contribution in [2.24, 2.45) is 23.2 Å². The molecule has 1 amide bonds. The second-order valence-electron chi connectivity index (χ2n) is 10.5. The number of hydrogen-bond donors (Lipinski definition) is 4. The minimum absolute atomic E-state index is 0.0227. The van der Waals surface area contributed by atoms with Crippen LogP contribution >= 0.6 is 0 Å². The third kappa shape index (κ3) is 4.26. The Hall–Kier alpha value is -3.16. The quantitative estimate of drug-likeness (QED) is 0.396. The van der Waals surface area contributed by atoms with Gasteiger partial charge in [-0.1, -0.05) is 29.4 Å². The molecule has 4 aliphatic carbocycles. The third-order valence-electron chi connectivity index (χ3n) is 8.01. The van der Waals surface area contributed by atoms with Crippen LogP contribution in [0.1, 0.15) is 44.1 Å². The Morgan fingerprint density at radius 3 is 2.64 bits per heavy atom. The highest BCUT2D eigenvalue weighted by Gasteiger charge is 2.49. The van der Waals surface area contributed by atoms with Crippen LogP contribution in [0.4, 0.5) is 5.95 Å². The van der Waals surface area contributed by atoms with Crippen LogP contribution in [0.3, 0.4) is 0 Å². The number of nitrogens with one attached hydrogen (secondary N) is 4. The number of benzene rings is 1. The molecule has 8 heteroatoms. The molecule has 0 spiro atoms. The minimum atomic E-state index is -0.115. The highest BCUT2D eigenvalue weighted by molar-refractivity contribution is 5.88. The summed E-state index contributed by atoms with van der Waals surface area (Å²) in [6.45, 7) is 0.510. The van der Waals surface area contributed by atoms with Crippen LogP contribution in [0.2, 0.25) is 0 Å². The van der Waals surface area contributed by atoms with Crippen molar-refractivity contribution in [2.45, 2.75) is 51.0 Å². The zero-order valence-electron chi connectivity index (χ0n) is 18.8. The van der Waals surface area contributed by atoms with Crippen molar-refractivity contribution in [1.82, 2.24) is 30.9 Å². The number of para-hydroxylation sites is 1. The summed E-state index contributed by atoms with van der Waals surface area (Å²) in [6, 6.07) is 8.13. The molecule has 172 valence electrons. The summed E-state index contributed by atoms with van der Waals surface area (Å²) in [5.41, 5.74) is 2.53. The lowest BCUT2D eigenvalue weighted by Crippen LogP contribution is -2.45. The molecule has 0 saturated heterocycles. The standard InChI is InChI=1S/C25H31N7O/c33-23(5-6-25-11-16-7-17(12-25)9-18(8-16)13-25)28-20(15-27-24-29-31-32-30-24)10-19-14-26-22-4-2-1-3-21(19)22/h1-6,14,16-18,20,26H,7-13,15H2,(H,28,33)(H2,27,29,30,31,32)/b6-5+/t16?,17?,18?,20-,25?/m0/s1. The average Bonchev–Trinajstić information content (AvgIpc) is 3.46. The van der Waals surface area contributed by atoms with Crippen molar-refractivity contribution in [3.63, 3.8) is 0 Å². The Kier molecular flexibility index (Phi) is 5.15. The van der Waals surface area contributed by atoms with Crippen molar-refractivity contribution in [3.05, 3.63) is 48.2 Å². The number of hydrogen-bond acceptors (Lipinski definition) is 5. The largest absolute Gasteiger partial charge is 0.361 e. The molecular weight excluding hydrogens is 414 g/mol. The number of aromatic amines is 2. The normalized spacial score (nSPS) is 29.0. The van der Waals surface area contributed by atoms with E-state index >= 15 is 0 Å². The van der Waals surface area contributed by atoms with E-state index in [0.717, 1.165) is 23.3 Å². The highest BCUT2D eigenvalue weighted by atomic mass is 16.1. The monoisotopic (exact) mass is 445 g/mol. The smallest absolute Gasteiger partial charge is 0.263 e. The summed E-state index contributed by atoms with van der Waals surface area (Å²) < 4.78 is 0. The van der Waals surface area contributed by atoms with E-state index in [1.807, 2.05) is 24.4 Å². The molecule has 8 nitrogen and oxygen atoms in total. The lowest BCUT2D eigenvalue weighted by molar-refractivity contribution is -0.117. The maximum Gasteiger partial charge on any atom is 0.263 e. The van der Waals surface area contributed by atoms with Crippen LogP contribution in [-0.4, -0.2) is 44.1 Å². The first-order chi connectivity index (χ1) is 16.1. The number of allylic oxidation sites excluding steroid dienone is 1. The number of H-pyrrole nitrogens is 2. The Bertz CT molecular complexity index is 1110. The molecule has 33 heavy (non-hydrogen) atoms. The van der Waals surface area contributed by atoms with Crippen LogP contribution in [0.25, 0.3) is 10.9 Å². The number of aromatic nitrogens is 5. The molecule has 0 unspecified atom stereocenters. The zero-order chi connectivity index (χ0) is 22.3. The van der Waals surface area contributed by atoms with Gasteiger partial charge in [0.2, 0.25) is 5.91 Å². The molecule has 4 fully saturated rings. The molecule has 0 radical (unpaired) electrons. The molecule has 1 atom stereocenters. The summed E-state index contributed by atoms with van der Waals surface area (Å²) in [5, 5.41) is 21.6. The lowest BCUT2D eigenvalue weighted by Gasteiger charge is -2.55. The van der Waals surface area contributed by atoms with E-state index in [2.05, 4.69) is 54.5 Å². The fraction of sp³-hybridized carbons (Fsp3) is 0.520. The average molecular weight is 446 g/mol. The van der Waals surface area contributed by atoms with E-state index in [-0.39, 0.29) is 17.4 Å². The SMILES string of the molecule is O=C(/C=C/C12CC3CC(CC(C3)C1)C2)N[C@H](CNc1nn[nH]n1)Cc1c[nH]c2ccccc12. The Morgan fingerprint density at radius 2 is 1.91 bits per heavy atom. The molecule has 2 heterocycles. The predicted octanol–water partition coefficient (Wildman–Crippen LogP) is 3.59. The fourth-order valence-electron chi connectivity index (χ4n) is 7.07. The van der Waals surface area contributed by atoms with Gasteiger partial charge in [0.1, 0.15) is 0 Å². The summed E-state index contributed by atoms with van der Waals surface area (Å²) in [6.07, 6.45) is 14.8. The van der Waals surface area contributed by atoms with Crippen molar-refractivity contribution in [1.29, 1.82) is 0 Å². The van der Waals surface area contributed by atoms with Gasteiger partial charge < -0.3 is 15.6 Å². The highest BCUT2D eigenvalue weighted by Crippen LogP contribution is 2.60. The number of anilines is 1. The van der Waals surface area contributed by atoms with Crippen molar-refractivity contribution < 1.29 is 4.79 Å². The van der Waals surface area contributed by atoms with Gasteiger partial charge in [-0.25, -0.2) is 0 Å². The Balaban J connectivity index is 1.15. The van der Waals surface area contributed by atoms with E-state index in [0.29, 0.717) is 18.9 Å². The van der Waals surface area contributed by atoms with Crippen LogP contribution in [0, 0.1) is 23.2 Å². The number of carbonyl (C=O) groups is 1. The molecule has 3 aromatic rings. The Morgan fingerprint density at radius 1 is 1.15 bits per heavy atom. The molecule has 4 saturated carbocycles. The van der Waals surface area contributed by atoms with Gasteiger partial charge in [-0.05, 0) is 91.0 Å². The number of amides is 1. The van der Waals surface area contributed by atoms with E-state index in [9.17, 15) is 4.79 Å². The lowest BCUT2D eigenvalue weighted by atomic mass is 9.49. The van der Waals surface area contributed by atoms with Gasteiger partial charge in [0.25, 0.3) is 5.95 Å². The van der Waals surface area contributed by atoms with E-state index in [1.54, 1.807) is 0 Å². The molecule has 4 aliphatic rings. The first kappa shape index (κ1) is 20.4.